The molecule has 0 unspecified atom stereocenters. The Bertz CT molecular complexity index is 330. The first-order chi connectivity index (χ1) is 6.76. The summed E-state index contributed by atoms with van der Waals surface area (Å²) < 4.78 is 0. The second-order valence-electron chi connectivity index (χ2n) is 3.28. The Morgan fingerprint density at radius 2 is 2.36 bits per heavy atom. The number of nitriles is 1. The van der Waals surface area contributed by atoms with Crippen LogP contribution in [0.3, 0.4) is 0 Å². The second-order valence-corrected chi connectivity index (χ2v) is 3.28. The number of rotatable bonds is 4. The fourth-order valence-electron chi connectivity index (χ4n) is 1.11. The fourth-order valence-corrected chi connectivity index (χ4v) is 1.11. The van der Waals surface area contributed by atoms with Crippen LogP contribution in [0.15, 0.2) is 24.3 Å². The van der Waals surface area contributed by atoms with Gasteiger partial charge in [-0.05, 0) is 24.6 Å². The van der Waals surface area contributed by atoms with E-state index >= 15 is 0 Å². The zero-order valence-electron chi connectivity index (χ0n) is 8.20. The molecule has 3 heteroatoms. The van der Waals surface area contributed by atoms with Crippen LogP contribution in [0.5, 0.6) is 0 Å². The monoisotopic (exact) mass is 190 g/mol. The zero-order valence-corrected chi connectivity index (χ0v) is 8.20. The SMILES string of the molecule is C[C@@H](CO)NCc1cccc(C#N)c1. The molecule has 1 atom stereocenters. The third kappa shape index (κ3) is 3.17. The van der Waals surface area contributed by atoms with Gasteiger partial charge in [-0.25, -0.2) is 0 Å². The van der Waals surface area contributed by atoms with Crippen LogP contribution >= 0.6 is 0 Å². The van der Waals surface area contributed by atoms with Gasteiger partial charge in [-0.2, -0.15) is 5.26 Å². The minimum Gasteiger partial charge on any atom is -0.395 e. The maximum Gasteiger partial charge on any atom is 0.0991 e. The predicted octanol–water partition coefficient (Wildman–Crippen LogP) is 1.03. The summed E-state index contributed by atoms with van der Waals surface area (Å²) in [6.07, 6.45) is 0. The fraction of sp³-hybridized carbons (Fsp3) is 0.364. The van der Waals surface area contributed by atoms with Gasteiger partial charge < -0.3 is 10.4 Å². The third-order valence-electron chi connectivity index (χ3n) is 1.98. The molecular weight excluding hydrogens is 176 g/mol. The van der Waals surface area contributed by atoms with Crippen molar-refractivity contribution in [1.82, 2.24) is 5.32 Å². The van der Waals surface area contributed by atoms with E-state index in [1.165, 1.54) is 0 Å². The number of nitrogens with zero attached hydrogens (tertiary/aromatic N) is 1. The van der Waals surface area contributed by atoms with E-state index in [-0.39, 0.29) is 12.6 Å². The number of aliphatic hydroxyl groups excluding tert-OH is 1. The van der Waals surface area contributed by atoms with E-state index in [0.717, 1.165) is 5.56 Å². The summed E-state index contributed by atoms with van der Waals surface area (Å²) >= 11 is 0. The van der Waals surface area contributed by atoms with E-state index in [4.69, 9.17) is 10.4 Å². The van der Waals surface area contributed by atoms with Crippen LogP contribution in [0, 0.1) is 11.3 Å². The van der Waals surface area contributed by atoms with E-state index in [0.29, 0.717) is 12.1 Å². The first-order valence-corrected chi connectivity index (χ1v) is 4.59. The molecule has 1 aromatic carbocycles. The lowest BCUT2D eigenvalue weighted by atomic mass is 10.1. The second kappa shape index (κ2) is 5.38. The lowest BCUT2D eigenvalue weighted by Gasteiger charge is -2.10. The van der Waals surface area contributed by atoms with Crippen molar-refractivity contribution in [3.8, 4) is 6.07 Å². The molecule has 0 saturated carbocycles. The highest BCUT2D eigenvalue weighted by Crippen LogP contribution is 2.03. The van der Waals surface area contributed by atoms with Gasteiger partial charge in [-0.15, -0.1) is 0 Å². The summed E-state index contributed by atoms with van der Waals surface area (Å²) in [6.45, 7) is 2.71. The van der Waals surface area contributed by atoms with Gasteiger partial charge in [0.1, 0.15) is 0 Å². The van der Waals surface area contributed by atoms with Crippen LogP contribution in [0.2, 0.25) is 0 Å². The number of nitrogens with one attached hydrogen (secondary N) is 1. The number of aliphatic hydroxyl groups is 1. The summed E-state index contributed by atoms with van der Waals surface area (Å²) in [5.41, 5.74) is 1.73. The molecule has 0 spiro atoms. The highest BCUT2D eigenvalue weighted by molar-refractivity contribution is 5.32. The van der Waals surface area contributed by atoms with E-state index in [1.807, 2.05) is 25.1 Å². The molecule has 1 aromatic rings. The van der Waals surface area contributed by atoms with Gasteiger partial charge in [0.15, 0.2) is 0 Å². The topological polar surface area (TPSA) is 56.0 Å². The van der Waals surface area contributed by atoms with Gasteiger partial charge in [0, 0.05) is 12.6 Å². The van der Waals surface area contributed by atoms with Crippen molar-refractivity contribution in [3.63, 3.8) is 0 Å². The Morgan fingerprint density at radius 3 is 3.00 bits per heavy atom. The summed E-state index contributed by atoms with van der Waals surface area (Å²) in [5.74, 6) is 0. The zero-order chi connectivity index (χ0) is 10.4. The highest BCUT2D eigenvalue weighted by atomic mass is 16.3. The largest absolute Gasteiger partial charge is 0.395 e. The van der Waals surface area contributed by atoms with E-state index in [2.05, 4.69) is 11.4 Å². The van der Waals surface area contributed by atoms with E-state index in [1.54, 1.807) is 6.07 Å². The van der Waals surface area contributed by atoms with Crippen LogP contribution in [0.1, 0.15) is 18.1 Å². The average molecular weight is 190 g/mol. The molecule has 0 fully saturated rings. The minimum absolute atomic E-state index is 0.0840. The minimum atomic E-state index is 0.0840. The lowest BCUT2D eigenvalue weighted by molar-refractivity contribution is 0.251. The molecule has 0 amide bonds. The molecule has 0 saturated heterocycles. The Hall–Kier alpha value is -1.37. The Balaban J connectivity index is 2.55. The van der Waals surface area contributed by atoms with Gasteiger partial charge >= 0.3 is 0 Å². The van der Waals surface area contributed by atoms with Crippen molar-refractivity contribution < 1.29 is 5.11 Å². The molecule has 14 heavy (non-hydrogen) atoms. The van der Waals surface area contributed by atoms with Crippen molar-refractivity contribution in [3.05, 3.63) is 35.4 Å². The van der Waals surface area contributed by atoms with Gasteiger partial charge in [-0.3, -0.25) is 0 Å². The van der Waals surface area contributed by atoms with Gasteiger partial charge in [0.05, 0.1) is 18.2 Å². The van der Waals surface area contributed by atoms with Crippen LogP contribution in [-0.2, 0) is 6.54 Å². The molecule has 2 N–H and O–H groups in total. The van der Waals surface area contributed by atoms with Crippen molar-refractivity contribution in [2.24, 2.45) is 0 Å². The summed E-state index contributed by atoms with van der Waals surface area (Å²) in [7, 11) is 0. The van der Waals surface area contributed by atoms with Crippen LogP contribution in [-0.4, -0.2) is 17.8 Å². The molecular formula is C11H14N2O. The average Bonchev–Trinajstić information content (AvgIpc) is 2.26. The summed E-state index contributed by atoms with van der Waals surface area (Å²) in [5, 5.41) is 20.6. The number of hydrogen-bond donors (Lipinski definition) is 2. The maximum atomic E-state index is 8.80. The summed E-state index contributed by atoms with van der Waals surface area (Å²) in [4.78, 5) is 0. The normalized spacial score (nSPS) is 12.1. The van der Waals surface area contributed by atoms with Crippen LogP contribution in [0.25, 0.3) is 0 Å². The molecule has 0 aliphatic rings. The predicted molar refractivity (Wildman–Crippen MR) is 54.5 cm³/mol. The lowest BCUT2D eigenvalue weighted by Crippen LogP contribution is -2.28. The number of benzene rings is 1. The van der Waals surface area contributed by atoms with Crippen LogP contribution in [0.4, 0.5) is 0 Å². The number of hydrogen-bond acceptors (Lipinski definition) is 3. The molecule has 1 rings (SSSR count). The third-order valence-corrected chi connectivity index (χ3v) is 1.98. The van der Waals surface area contributed by atoms with Crippen molar-refractivity contribution in [1.29, 1.82) is 5.26 Å². The van der Waals surface area contributed by atoms with Gasteiger partial charge in [-0.1, -0.05) is 12.1 Å². The van der Waals surface area contributed by atoms with Gasteiger partial charge in [0.2, 0.25) is 0 Å². The molecule has 0 aliphatic heterocycles. The smallest absolute Gasteiger partial charge is 0.0991 e. The molecule has 3 nitrogen and oxygen atoms in total. The standard InChI is InChI=1S/C11H14N2O/c1-9(8-14)13-7-11-4-2-3-10(5-11)6-12/h2-5,9,13-14H,7-8H2,1H3/t9-/m0/s1. The molecule has 0 heterocycles. The molecule has 0 aromatic heterocycles. The molecule has 74 valence electrons. The van der Waals surface area contributed by atoms with Crippen molar-refractivity contribution in [2.45, 2.75) is 19.5 Å². The molecule has 0 aliphatic carbocycles. The maximum absolute atomic E-state index is 8.80. The Labute approximate surface area is 84.0 Å². The van der Waals surface area contributed by atoms with Gasteiger partial charge in [0.25, 0.3) is 0 Å². The van der Waals surface area contributed by atoms with E-state index in [9.17, 15) is 0 Å². The Morgan fingerprint density at radius 1 is 1.57 bits per heavy atom. The highest BCUT2D eigenvalue weighted by Gasteiger charge is 1.99. The first-order valence-electron chi connectivity index (χ1n) is 4.59. The Kier molecular flexibility index (Phi) is 4.11. The van der Waals surface area contributed by atoms with Crippen molar-refractivity contribution >= 4 is 0 Å². The molecule has 0 radical (unpaired) electrons. The summed E-state index contributed by atoms with van der Waals surface area (Å²) in [6, 6.07) is 9.61. The van der Waals surface area contributed by atoms with Crippen molar-refractivity contribution in [2.75, 3.05) is 6.61 Å². The van der Waals surface area contributed by atoms with Crippen LogP contribution < -0.4 is 5.32 Å². The molecule has 0 bridgehead atoms. The van der Waals surface area contributed by atoms with E-state index < -0.39 is 0 Å². The quantitative estimate of drug-likeness (QED) is 0.745. The first kappa shape index (κ1) is 10.7.